The Balaban J connectivity index is 3.08. The highest BCUT2D eigenvalue weighted by Gasteiger charge is 2.00. The molecule has 98 valence electrons. The Kier molecular flexibility index (Phi) is 11.3. The number of ether oxygens (including phenoxy) is 2. The lowest BCUT2D eigenvalue weighted by Crippen LogP contribution is -2.21. The predicted molar refractivity (Wildman–Crippen MR) is 68.8 cm³/mol. The first-order valence-electron chi connectivity index (χ1n) is 6.56. The fourth-order valence-corrected chi connectivity index (χ4v) is 1.36. The summed E-state index contributed by atoms with van der Waals surface area (Å²) in [5.74, 6) is 0.738. The van der Waals surface area contributed by atoms with Crippen LogP contribution in [0.4, 0.5) is 0 Å². The summed E-state index contributed by atoms with van der Waals surface area (Å²) in [4.78, 5) is 0. The topological polar surface area (TPSA) is 30.5 Å². The van der Waals surface area contributed by atoms with Gasteiger partial charge in [-0.25, -0.2) is 0 Å². The minimum atomic E-state index is 0.226. The van der Waals surface area contributed by atoms with Crippen molar-refractivity contribution >= 4 is 0 Å². The molecular formula is C13H29NO2. The zero-order valence-corrected chi connectivity index (χ0v) is 11.4. The Morgan fingerprint density at radius 1 is 1.12 bits per heavy atom. The van der Waals surface area contributed by atoms with Gasteiger partial charge in [-0.15, -0.1) is 0 Å². The van der Waals surface area contributed by atoms with Crippen molar-refractivity contribution in [3.8, 4) is 0 Å². The molecule has 0 rings (SSSR count). The summed E-state index contributed by atoms with van der Waals surface area (Å²) in [5, 5.41) is 3.43. The molecule has 0 fully saturated rings. The van der Waals surface area contributed by atoms with Crippen LogP contribution in [-0.4, -0.2) is 39.0 Å². The van der Waals surface area contributed by atoms with Gasteiger partial charge >= 0.3 is 0 Å². The summed E-state index contributed by atoms with van der Waals surface area (Å²) in [5.41, 5.74) is 0. The van der Waals surface area contributed by atoms with Crippen LogP contribution in [0.1, 0.15) is 40.5 Å². The molecular weight excluding hydrogens is 202 g/mol. The fraction of sp³-hybridized carbons (Fsp3) is 1.00. The van der Waals surface area contributed by atoms with Gasteiger partial charge in [0.15, 0.2) is 0 Å². The van der Waals surface area contributed by atoms with E-state index in [0.29, 0.717) is 6.61 Å². The Labute approximate surface area is 101 Å². The van der Waals surface area contributed by atoms with Crippen LogP contribution in [0.5, 0.6) is 0 Å². The molecule has 0 bridgehead atoms. The average Bonchev–Trinajstić information content (AvgIpc) is 2.24. The Morgan fingerprint density at radius 3 is 2.50 bits per heavy atom. The Morgan fingerprint density at radius 2 is 1.88 bits per heavy atom. The van der Waals surface area contributed by atoms with Crippen molar-refractivity contribution in [3.05, 3.63) is 0 Å². The summed E-state index contributed by atoms with van der Waals surface area (Å²) in [7, 11) is 0. The third-order valence-corrected chi connectivity index (χ3v) is 2.26. The lowest BCUT2D eigenvalue weighted by Gasteiger charge is -2.12. The number of nitrogens with one attached hydrogen (secondary N) is 1. The Hall–Kier alpha value is -0.120. The van der Waals surface area contributed by atoms with Gasteiger partial charge in [-0.3, -0.25) is 0 Å². The lowest BCUT2D eigenvalue weighted by molar-refractivity contribution is -0.00442. The van der Waals surface area contributed by atoms with Crippen molar-refractivity contribution in [1.82, 2.24) is 5.32 Å². The normalized spacial score (nSPS) is 13.3. The zero-order chi connectivity index (χ0) is 12.2. The summed E-state index contributed by atoms with van der Waals surface area (Å²) in [6.45, 7) is 13.1. The van der Waals surface area contributed by atoms with Crippen LogP contribution in [0.15, 0.2) is 0 Å². The van der Waals surface area contributed by atoms with Crippen molar-refractivity contribution < 1.29 is 9.47 Å². The maximum Gasteiger partial charge on any atom is 0.0780 e. The maximum absolute atomic E-state index is 5.62. The van der Waals surface area contributed by atoms with Crippen molar-refractivity contribution in [2.45, 2.75) is 46.6 Å². The van der Waals surface area contributed by atoms with E-state index in [-0.39, 0.29) is 6.10 Å². The van der Waals surface area contributed by atoms with Gasteiger partial charge in [-0.1, -0.05) is 13.8 Å². The third kappa shape index (κ3) is 12.0. The van der Waals surface area contributed by atoms with Crippen LogP contribution in [0.2, 0.25) is 0 Å². The van der Waals surface area contributed by atoms with Gasteiger partial charge in [0, 0.05) is 13.2 Å². The quantitative estimate of drug-likeness (QED) is 0.554. The summed E-state index contributed by atoms with van der Waals surface area (Å²) in [6.07, 6.45) is 2.54. The zero-order valence-electron chi connectivity index (χ0n) is 11.4. The minimum Gasteiger partial charge on any atom is -0.379 e. The minimum absolute atomic E-state index is 0.226. The van der Waals surface area contributed by atoms with Crippen LogP contribution < -0.4 is 5.32 Å². The molecule has 0 amide bonds. The van der Waals surface area contributed by atoms with Gasteiger partial charge < -0.3 is 14.8 Å². The standard InChI is InChI=1S/C13H29NO2/c1-5-15-11-13(4)16-9-7-6-8-14-10-12(2)3/h12-14H,5-11H2,1-4H3. The number of hydrogen-bond donors (Lipinski definition) is 1. The van der Waals surface area contributed by atoms with Crippen molar-refractivity contribution in [2.75, 3.05) is 32.9 Å². The molecule has 1 unspecified atom stereocenters. The van der Waals surface area contributed by atoms with E-state index in [1.807, 2.05) is 6.92 Å². The van der Waals surface area contributed by atoms with E-state index in [9.17, 15) is 0 Å². The van der Waals surface area contributed by atoms with E-state index < -0.39 is 0 Å². The molecule has 0 aliphatic carbocycles. The first-order chi connectivity index (χ1) is 7.66. The molecule has 1 atom stereocenters. The molecule has 16 heavy (non-hydrogen) atoms. The Bertz CT molecular complexity index is 140. The number of unbranched alkanes of at least 4 members (excludes halogenated alkanes) is 1. The van der Waals surface area contributed by atoms with E-state index in [1.165, 1.54) is 6.42 Å². The largest absolute Gasteiger partial charge is 0.379 e. The maximum atomic E-state index is 5.62. The summed E-state index contributed by atoms with van der Waals surface area (Å²) >= 11 is 0. The second kappa shape index (κ2) is 11.4. The van der Waals surface area contributed by atoms with Crippen LogP contribution in [-0.2, 0) is 9.47 Å². The van der Waals surface area contributed by atoms with Crippen molar-refractivity contribution in [1.29, 1.82) is 0 Å². The van der Waals surface area contributed by atoms with E-state index in [4.69, 9.17) is 9.47 Å². The van der Waals surface area contributed by atoms with Crippen molar-refractivity contribution in [3.63, 3.8) is 0 Å². The summed E-state index contributed by atoms with van der Waals surface area (Å²) < 4.78 is 10.9. The van der Waals surface area contributed by atoms with E-state index >= 15 is 0 Å². The van der Waals surface area contributed by atoms with Crippen LogP contribution >= 0.6 is 0 Å². The molecule has 0 aromatic heterocycles. The smallest absolute Gasteiger partial charge is 0.0780 e. The van der Waals surface area contributed by atoms with Gasteiger partial charge in [0.25, 0.3) is 0 Å². The lowest BCUT2D eigenvalue weighted by atomic mass is 10.2. The molecule has 0 aliphatic heterocycles. The van der Waals surface area contributed by atoms with Crippen LogP contribution in [0.3, 0.4) is 0 Å². The van der Waals surface area contributed by atoms with Crippen LogP contribution in [0.25, 0.3) is 0 Å². The first kappa shape index (κ1) is 15.9. The number of rotatable bonds is 11. The van der Waals surface area contributed by atoms with Crippen LogP contribution in [0, 0.1) is 5.92 Å². The van der Waals surface area contributed by atoms with Gasteiger partial charge in [-0.05, 0) is 45.7 Å². The first-order valence-corrected chi connectivity index (χ1v) is 6.56. The highest BCUT2D eigenvalue weighted by atomic mass is 16.5. The molecule has 0 radical (unpaired) electrons. The predicted octanol–water partition coefficient (Wildman–Crippen LogP) is 2.45. The molecule has 0 heterocycles. The molecule has 1 N–H and O–H groups in total. The monoisotopic (exact) mass is 231 g/mol. The SMILES string of the molecule is CCOCC(C)OCCCCNCC(C)C. The van der Waals surface area contributed by atoms with Gasteiger partial charge in [-0.2, -0.15) is 0 Å². The van der Waals surface area contributed by atoms with E-state index in [1.54, 1.807) is 0 Å². The van der Waals surface area contributed by atoms with Gasteiger partial charge in [0.1, 0.15) is 0 Å². The molecule has 0 saturated carbocycles. The molecule has 0 aromatic carbocycles. The second-order valence-corrected chi connectivity index (χ2v) is 4.65. The third-order valence-electron chi connectivity index (χ3n) is 2.26. The summed E-state index contributed by atoms with van der Waals surface area (Å²) in [6, 6.07) is 0. The molecule has 0 aliphatic rings. The average molecular weight is 231 g/mol. The highest BCUT2D eigenvalue weighted by Crippen LogP contribution is 1.96. The van der Waals surface area contributed by atoms with Gasteiger partial charge in [0.2, 0.25) is 0 Å². The second-order valence-electron chi connectivity index (χ2n) is 4.65. The highest BCUT2D eigenvalue weighted by molar-refractivity contribution is 4.52. The van der Waals surface area contributed by atoms with Crippen molar-refractivity contribution in [2.24, 2.45) is 5.92 Å². The van der Waals surface area contributed by atoms with Gasteiger partial charge in [0.05, 0.1) is 12.7 Å². The molecule has 3 nitrogen and oxygen atoms in total. The fourth-order valence-electron chi connectivity index (χ4n) is 1.36. The van der Waals surface area contributed by atoms with E-state index in [0.717, 1.165) is 38.6 Å². The molecule has 0 aromatic rings. The molecule has 0 saturated heterocycles. The molecule has 3 heteroatoms. The van der Waals surface area contributed by atoms with E-state index in [2.05, 4.69) is 26.1 Å². The molecule has 0 spiro atoms. The number of hydrogen-bond acceptors (Lipinski definition) is 3.